The smallest absolute Gasteiger partial charge is 0.261 e. The lowest BCUT2D eigenvalue weighted by Crippen LogP contribution is -2.37. The molecule has 0 bridgehead atoms. The Bertz CT molecular complexity index is 540. The van der Waals surface area contributed by atoms with Crippen molar-refractivity contribution < 1.29 is 9.90 Å². The number of carbonyl (C=O) groups is 1. The van der Waals surface area contributed by atoms with Crippen LogP contribution in [0.4, 0.5) is 0 Å². The van der Waals surface area contributed by atoms with E-state index in [2.05, 4.69) is 31.0 Å². The Hall–Kier alpha value is -1.31. The minimum Gasteiger partial charge on any atom is -0.395 e. The average molecular weight is 305 g/mol. The first-order valence-corrected chi connectivity index (χ1v) is 8.47. The zero-order valence-electron chi connectivity index (χ0n) is 12.7. The summed E-state index contributed by atoms with van der Waals surface area (Å²) in [6.45, 7) is 4.54. The summed E-state index contributed by atoms with van der Waals surface area (Å²) in [5.74, 6) is 7.15. The van der Waals surface area contributed by atoms with Crippen molar-refractivity contribution in [3.05, 3.63) is 21.9 Å². The Morgan fingerprint density at radius 1 is 1.48 bits per heavy atom. The Morgan fingerprint density at radius 2 is 2.29 bits per heavy atom. The molecule has 2 rings (SSSR count). The maximum absolute atomic E-state index is 12.3. The van der Waals surface area contributed by atoms with Gasteiger partial charge in [-0.05, 0) is 36.8 Å². The van der Waals surface area contributed by atoms with E-state index in [1.54, 1.807) is 0 Å². The maximum atomic E-state index is 12.3. The SMILES string of the molecule is CCC1CCC(NC(=O)c2ccc(C#CCCO)s2)C1C. The van der Waals surface area contributed by atoms with Gasteiger partial charge < -0.3 is 10.4 Å². The molecule has 0 aromatic carbocycles. The van der Waals surface area contributed by atoms with Gasteiger partial charge in [-0.3, -0.25) is 4.79 Å². The highest BCUT2D eigenvalue weighted by molar-refractivity contribution is 7.14. The number of rotatable bonds is 4. The van der Waals surface area contributed by atoms with E-state index in [1.807, 2.05) is 12.1 Å². The second-order valence-electron chi connectivity index (χ2n) is 5.62. The molecule has 1 aromatic rings. The summed E-state index contributed by atoms with van der Waals surface area (Å²) in [7, 11) is 0. The second-order valence-corrected chi connectivity index (χ2v) is 6.71. The maximum Gasteiger partial charge on any atom is 0.261 e. The first kappa shape index (κ1) is 16.1. The van der Waals surface area contributed by atoms with Gasteiger partial charge in [-0.15, -0.1) is 11.3 Å². The van der Waals surface area contributed by atoms with Crippen LogP contribution in [0.15, 0.2) is 12.1 Å². The zero-order valence-corrected chi connectivity index (χ0v) is 13.5. The number of nitrogens with one attached hydrogen (secondary N) is 1. The van der Waals surface area contributed by atoms with Crippen molar-refractivity contribution in [3.8, 4) is 11.8 Å². The molecule has 21 heavy (non-hydrogen) atoms. The van der Waals surface area contributed by atoms with E-state index in [4.69, 9.17) is 5.11 Å². The monoisotopic (exact) mass is 305 g/mol. The van der Waals surface area contributed by atoms with Crippen molar-refractivity contribution in [1.29, 1.82) is 0 Å². The molecular formula is C17H23NO2S. The number of aliphatic hydroxyl groups is 1. The number of thiophene rings is 1. The van der Waals surface area contributed by atoms with Crippen molar-refractivity contribution in [3.63, 3.8) is 0 Å². The van der Waals surface area contributed by atoms with Gasteiger partial charge in [-0.2, -0.15) is 0 Å². The lowest BCUT2D eigenvalue weighted by atomic mass is 9.93. The first-order chi connectivity index (χ1) is 10.2. The van der Waals surface area contributed by atoms with E-state index < -0.39 is 0 Å². The van der Waals surface area contributed by atoms with Crippen LogP contribution in [0.2, 0.25) is 0 Å². The van der Waals surface area contributed by atoms with E-state index in [0.29, 0.717) is 18.4 Å². The van der Waals surface area contributed by atoms with Gasteiger partial charge in [0.1, 0.15) is 0 Å². The third-order valence-corrected chi connectivity index (χ3v) is 5.35. The molecule has 0 aliphatic heterocycles. The molecule has 2 N–H and O–H groups in total. The van der Waals surface area contributed by atoms with E-state index in [9.17, 15) is 4.79 Å². The fraction of sp³-hybridized carbons (Fsp3) is 0.588. The molecule has 1 amide bonds. The van der Waals surface area contributed by atoms with Gasteiger partial charge in [-0.1, -0.05) is 32.1 Å². The lowest BCUT2D eigenvalue weighted by Gasteiger charge is -2.20. The molecule has 0 radical (unpaired) electrons. The summed E-state index contributed by atoms with van der Waals surface area (Å²) >= 11 is 1.42. The Labute approximate surface area is 130 Å². The number of hydrogen-bond donors (Lipinski definition) is 2. The van der Waals surface area contributed by atoms with Gasteiger partial charge >= 0.3 is 0 Å². The summed E-state index contributed by atoms with van der Waals surface area (Å²) < 4.78 is 0. The highest BCUT2D eigenvalue weighted by Crippen LogP contribution is 2.34. The second kappa shape index (κ2) is 7.63. The van der Waals surface area contributed by atoms with Gasteiger partial charge in [0, 0.05) is 12.5 Å². The largest absolute Gasteiger partial charge is 0.395 e. The molecule has 3 atom stereocenters. The quantitative estimate of drug-likeness (QED) is 0.840. The van der Waals surface area contributed by atoms with E-state index in [0.717, 1.165) is 22.1 Å². The zero-order chi connectivity index (χ0) is 15.2. The molecule has 114 valence electrons. The van der Waals surface area contributed by atoms with Crippen LogP contribution in [0, 0.1) is 23.7 Å². The normalized spacial score (nSPS) is 24.4. The molecule has 0 saturated heterocycles. The minimum atomic E-state index is 0.0174. The highest BCUT2D eigenvalue weighted by atomic mass is 32.1. The van der Waals surface area contributed by atoms with Gasteiger partial charge in [0.25, 0.3) is 5.91 Å². The van der Waals surface area contributed by atoms with Crippen molar-refractivity contribution in [1.82, 2.24) is 5.32 Å². The fourth-order valence-corrected chi connectivity index (χ4v) is 3.78. The van der Waals surface area contributed by atoms with Gasteiger partial charge in [-0.25, -0.2) is 0 Å². The van der Waals surface area contributed by atoms with Gasteiger partial charge in [0.2, 0.25) is 0 Å². The van der Waals surface area contributed by atoms with Crippen LogP contribution in [0.25, 0.3) is 0 Å². The number of hydrogen-bond acceptors (Lipinski definition) is 3. The Balaban J connectivity index is 1.94. The molecule has 0 spiro atoms. The molecule has 1 aliphatic rings. The topological polar surface area (TPSA) is 49.3 Å². The van der Waals surface area contributed by atoms with E-state index >= 15 is 0 Å². The molecule has 3 unspecified atom stereocenters. The third-order valence-electron chi connectivity index (χ3n) is 4.35. The Morgan fingerprint density at radius 3 is 2.95 bits per heavy atom. The van der Waals surface area contributed by atoms with Crippen LogP contribution in [-0.2, 0) is 0 Å². The lowest BCUT2D eigenvalue weighted by molar-refractivity contribution is 0.0930. The Kier molecular flexibility index (Phi) is 5.84. The molecule has 1 aromatic heterocycles. The molecule has 4 heteroatoms. The first-order valence-electron chi connectivity index (χ1n) is 7.66. The van der Waals surface area contributed by atoms with Crippen LogP contribution in [0.3, 0.4) is 0 Å². The summed E-state index contributed by atoms with van der Waals surface area (Å²) in [6.07, 6.45) is 3.96. The molecule has 3 nitrogen and oxygen atoms in total. The standard InChI is InChI=1S/C17H23NO2S/c1-3-13-7-9-15(12(13)2)18-17(20)16-10-8-14(21-16)6-4-5-11-19/h8,10,12-13,15,19H,3,5,7,9,11H2,1-2H3,(H,18,20). The van der Waals surface area contributed by atoms with Crippen molar-refractivity contribution in [2.24, 2.45) is 11.8 Å². The van der Waals surface area contributed by atoms with Crippen LogP contribution in [-0.4, -0.2) is 23.7 Å². The highest BCUT2D eigenvalue weighted by Gasteiger charge is 2.32. The van der Waals surface area contributed by atoms with Crippen LogP contribution >= 0.6 is 11.3 Å². The number of amides is 1. The van der Waals surface area contributed by atoms with Gasteiger partial charge in [0.05, 0.1) is 16.4 Å². The van der Waals surface area contributed by atoms with E-state index in [-0.39, 0.29) is 12.5 Å². The minimum absolute atomic E-state index is 0.0174. The average Bonchev–Trinajstić information content (AvgIpc) is 3.07. The predicted octanol–water partition coefficient (Wildman–Crippen LogP) is 3.04. The molecule has 1 aliphatic carbocycles. The van der Waals surface area contributed by atoms with Crippen molar-refractivity contribution >= 4 is 17.2 Å². The van der Waals surface area contributed by atoms with Crippen LogP contribution in [0.1, 0.15) is 54.1 Å². The summed E-state index contributed by atoms with van der Waals surface area (Å²) in [6, 6.07) is 4.00. The molecule has 1 heterocycles. The van der Waals surface area contributed by atoms with Crippen LogP contribution in [0.5, 0.6) is 0 Å². The summed E-state index contributed by atoms with van der Waals surface area (Å²) in [4.78, 5) is 13.9. The summed E-state index contributed by atoms with van der Waals surface area (Å²) in [5.41, 5.74) is 0. The molecule has 1 saturated carbocycles. The summed E-state index contributed by atoms with van der Waals surface area (Å²) in [5, 5.41) is 11.9. The van der Waals surface area contributed by atoms with Crippen molar-refractivity contribution in [2.75, 3.05) is 6.61 Å². The van der Waals surface area contributed by atoms with E-state index in [1.165, 1.54) is 24.2 Å². The fourth-order valence-electron chi connectivity index (χ4n) is 3.00. The molecule has 1 fully saturated rings. The van der Waals surface area contributed by atoms with Crippen LogP contribution < -0.4 is 5.32 Å². The number of aliphatic hydroxyl groups excluding tert-OH is 1. The third kappa shape index (κ3) is 4.09. The van der Waals surface area contributed by atoms with Crippen molar-refractivity contribution in [2.45, 2.75) is 45.6 Å². The van der Waals surface area contributed by atoms with Gasteiger partial charge in [0.15, 0.2) is 0 Å². The predicted molar refractivity (Wildman–Crippen MR) is 86.3 cm³/mol. The molecular weight excluding hydrogens is 282 g/mol. The number of carbonyl (C=O) groups excluding carboxylic acids is 1.